The van der Waals surface area contributed by atoms with Gasteiger partial charge < -0.3 is 5.32 Å². The fourth-order valence-corrected chi connectivity index (χ4v) is 2.65. The van der Waals surface area contributed by atoms with Crippen LogP contribution in [0.2, 0.25) is 0 Å². The second-order valence-electron chi connectivity index (χ2n) is 5.24. The Hall–Kier alpha value is -2.81. The molecule has 0 bridgehead atoms. The van der Waals surface area contributed by atoms with Crippen LogP contribution in [0.3, 0.4) is 0 Å². The molecular weight excluding hydrogens is 372 g/mol. The first-order valence-corrected chi connectivity index (χ1v) is 8.15. The molecule has 0 radical (unpaired) electrons. The Morgan fingerprint density at radius 1 is 1.08 bits per heavy atom. The third-order valence-electron chi connectivity index (χ3n) is 3.53. The Labute approximate surface area is 145 Å². The first-order valence-electron chi connectivity index (χ1n) is 7.36. The van der Waals surface area contributed by atoms with Crippen LogP contribution in [-0.2, 0) is 13.0 Å². The normalized spacial score (nSPS) is 11.0. The smallest absolute Gasteiger partial charge is 0.200 e. The van der Waals surface area contributed by atoms with Gasteiger partial charge >= 0.3 is 0 Å². The van der Waals surface area contributed by atoms with E-state index in [1.54, 1.807) is 6.20 Å². The van der Waals surface area contributed by atoms with Crippen molar-refractivity contribution in [1.29, 1.82) is 0 Å². The molecule has 1 aromatic carbocycles. The monoisotopic (exact) mass is 384 g/mol. The van der Waals surface area contributed by atoms with Crippen molar-refractivity contribution in [2.75, 3.05) is 5.32 Å². The molecular formula is C15H13BrN8. The van der Waals surface area contributed by atoms with Gasteiger partial charge in [-0.25, -0.2) is 0 Å². The summed E-state index contributed by atoms with van der Waals surface area (Å²) in [6.45, 7) is 0.843. The maximum atomic E-state index is 4.28. The summed E-state index contributed by atoms with van der Waals surface area (Å²) in [6.07, 6.45) is 4.68. The number of halogens is 1. The number of hydrogen-bond acceptors (Lipinski definition) is 6. The zero-order valence-electron chi connectivity index (χ0n) is 12.5. The molecule has 8 nitrogen and oxygen atoms in total. The van der Waals surface area contributed by atoms with Gasteiger partial charge in [0.25, 0.3) is 0 Å². The van der Waals surface area contributed by atoms with Crippen molar-refractivity contribution in [3.8, 4) is 0 Å². The Morgan fingerprint density at radius 3 is 2.75 bits per heavy atom. The molecule has 0 aliphatic heterocycles. The quantitative estimate of drug-likeness (QED) is 0.568. The summed E-state index contributed by atoms with van der Waals surface area (Å²) >= 11 is 3.40. The lowest BCUT2D eigenvalue weighted by molar-refractivity contribution is 0.614. The second-order valence-corrected chi connectivity index (χ2v) is 6.15. The largest absolute Gasteiger partial charge is 0.339 e. The van der Waals surface area contributed by atoms with Crippen LogP contribution in [0.25, 0.3) is 5.65 Å². The van der Waals surface area contributed by atoms with Crippen LogP contribution in [0.15, 0.2) is 53.3 Å². The van der Waals surface area contributed by atoms with Gasteiger partial charge in [-0.1, -0.05) is 12.1 Å². The summed E-state index contributed by atoms with van der Waals surface area (Å²) < 4.78 is 4.30. The molecule has 0 aliphatic carbocycles. The van der Waals surface area contributed by atoms with Crippen LogP contribution in [0.5, 0.6) is 0 Å². The van der Waals surface area contributed by atoms with Crippen molar-refractivity contribution >= 4 is 33.1 Å². The van der Waals surface area contributed by atoms with Crippen molar-refractivity contribution in [1.82, 2.24) is 35.0 Å². The average molecular weight is 385 g/mol. The number of nitrogens with zero attached hydrogens (tertiary/aromatic N) is 7. The zero-order chi connectivity index (χ0) is 16.4. The van der Waals surface area contributed by atoms with Gasteiger partial charge in [0.2, 0.25) is 0 Å². The highest BCUT2D eigenvalue weighted by Crippen LogP contribution is 2.16. The van der Waals surface area contributed by atoms with Crippen molar-refractivity contribution in [2.24, 2.45) is 0 Å². The lowest BCUT2D eigenvalue weighted by Gasteiger charge is -2.07. The van der Waals surface area contributed by atoms with Crippen molar-refractivity contribution in [3.63, 3.8) is 0 Å². The summed E-state index contributed by atoms with van der Waals surface area (Å²) in [4.78, 5) is 0. The van der Waals surface area contributed by atoms with Crippen molar-refractivity contribution < 1.29 is 0 Å². The number of aryl methyl sites for hydroxylation is 2. The summed E-state index contributed by atoms with van der Waals surface area (Å²) in [5, 5.41) is 23.0. The number of rotatable bonds is 5. The SMILES string of the molecule is Brc1cnn(CCc2ccc(Nc3ccc4nnnn4n3)cc2)c1. The van der Waals surface area contributed by atoms with E-state index < -0.39 is 0 Å². The minimum Gasteiger partial charge on any atom is -0.339 e. The number of benzene rings is 1. The fourth-order valence-electron chi connectivity index (χ4n) is 2.32. The van der Waals surface area contributed by atoms with Gasteiger partial charge in [0.15, 0.2) is 11.5 Å². The molecule has 3 heterocycles. The van der Waals surface area contributed by atoms with Crippen LogP contribution in [0, 0.1) is 0 Å². The molecule has 120 valence electrons. The molecule has 0 saturated heterocycles. The van der Waals surface area contributed by atoms with Crippen LogP contribution in [0.1, 0.15) is 5.56 Å². The maximum Gasteiger partial charge on any atom is 0.200 e. The number of tetrazole rings is 1. The number of fused-ring (bicyclic) bond motifs is 1. The number of nitrogens with one attached hydrogen (secondary N) is 1. The predicted molar refractivity (Wildman–Crippen MR) is 91.9 cm³/mol. The van der Waals surface area contributed by atoms with Gasteiger partial charge in [-0.15, -0.1) is 14.8 Å². The molecule has 3 aromatic heterocycles. The molecule has 1 N–H and O–H groups in total. The lowest BCUT2D eigenvalue weighted by Crippen LogP contribution is -2.02. The van der Waals surface area contributed by atoms with Crippen LogP contribution < -0.4 is 5.32 Å². The minimum atomic E-state index is 0.612. The summed E-state index contributed by atoms with van der Waals surface area (Å²) in [5.74, 6) is 0.684. The summed E-state index contributed by atoms with van der Waals surface area (Å²) in [6, 6.07) is 11.9. The second kappa shape index (κ2) is 6.36. The molecule has 0 spiro atoms. The van der Waals surface area contributed by atoms with E-state index in [1.807, 2.05) is 35.1 Å². The number of anilines is 2. The van der Waals surface area contributed by atoms with Crippen molar-refractivity contribution in [2.45, 2.75) is 13.0 Å². The average Bonchev–Trinajstić information content (AvgIpc) is 3.22. The Morgan fingerprint density at radius 2 is 1.96 bits per heavy atom. The molecule has 0 aliphatic rings. The first-order chi connectivity index (χ1) is 11.8. The van der Waals surface area contributed by atoms with E-state index in [1.165, 1.54) is 10.2 Å². The number of hydrogen-bond donors (Lipinski definition) is 1. The molecule has 0 fully saturated rings. The number of aromatic nitrogens is 7. The highest BCUT2D eigenvalue weighted by molar-refractivity contribution is 9.10. The van der Waals surface area contributed by atoms with Crippen LogP contribution in [0.4, 0.5) is 11.5 Å². The summed E-state index contributed by atoms with van der Waals surface area (Å²) in [7, 11) is 0. The van der Waals surface area contributed by atoms with E-state index in [-0.39, 0.29) is 0 Å². The molecule has 4 aromatic rings. The molecule has 0 amide bonds. The fraction of sp³-hybridized carbons (Fsp3) is 0.133. The Bertz CT molecular complexity index is 959. The van der Waals surface area contributed by atoms with E-state index >= 15 is 0 Å². The molecule has 4 rings (SSSR count). The molecule has 0 saturated carbocycles. The molecule has 9 heteroatoms. The summed E-state index contributed by atoms with van der Waals surface area (Å²) in [5.41, 5.74) is 2.82. The predicted octanol–water partition coefficient (Wildman–Crippen LogP) is 2.46. The Kier molecular flexibility index (Phi) is 3.91. The highest BCUT2D eigenvalue weighted by Gasteiger charge is 2.02. The first kappa shape index (κ1) is 14.8. The Balaban J connectivity index is 1.41. The van der Waals surface area contributed by atoms with E-state index in [0.29, 0.717) is 11.5 Å². The van der Waals surface area contributed by atoms with Crippen LogP contribution >= 0.6 is 15.9 Å². The standard InChI is InChI=1S/C15H13BrN8/c16-12-9-17-23(10-12)8-7-11-1-3-13(4-2-11)18-14-5-6-15-19-21-22-24(15)20-14/h1-6,9-10H,7-8H2,(H,18,20). The van der Waals surface area contributed by atoms with Crippen molar-refractivity contribution in [3.05, 3.63) is 58.8 Å². The maximum absolute atomic E-state index is 4.28. The van der Waals surface area contributed by atoms with Gasteiger partial charge in [0.05, 0.1) is 10.7 Å². The zero-order valence-corrected chi connectivity index (χ0v) is 14.1. The van der Waals surface area contributed by atoms with Gasteiger partial charge in [-0.05, 0) is 62.6 Å². The van der Waals surface area contributed by atoms with Gasteiger partial charge in [0.1, 0.15) is 0 Å². The van der Waals surface area contributed by atoms with Crippen LogP contribution in [-0.4, -0.2) is 35.0 Å². The van der Waals surface area contributed by atoms with E-state index in [2.05, 4.69) is 59.1 Å². The lowest BCUT2D eigenvalue weighted by atomic mass is 10.1. The molecule has 0 unspecified atom stereocenters. The highest BCUT2D eigenvalue weighted by atomic mass is 79.9. The van der Waals surface area contributed by atoms with Gasteiger partial charge in [-0.2, -0.15) is 5.10 Å². The van der Waals surface area contributed by atoms with Gasteiger partial charge in [-0.3, -0.25) is 4.68 Å². The minimum absolute atomic E-state index is 0.612. The third-order valence-corrected chi connectivity index (χ3v) is 3.94. The van der Waals surface area contributed by atoms with Gasteiger partial charge in [0, 0.05) is 18.4 Å². The van der Waals surface area contributed by atoms with E-state index in [0.717, 1.165) is 23.1 Å². The topological polar surface area (TPSA) is 85.8 Å². The third kappa shape index (κ3) is 3.25. The van der Waals surface area contributed by atoms with E-state index in [4.69, 9.17) is 0 Å². The molecule has 24 heavy (non-hydrogen) atoms. The molecule has 0 atom stereocenters. The van der Waals surface area contributed by atoms with E-state index in [9.17, 15) is 0 Å².